The van der Waals surface area contributed by atoms with Gasteiger partial charge < -0.3 is 9.84 Å². The molecule has 2 bridgehead atoms. The summed E-state index contributed by atoms with van der Waals surface area (Å²) in [6.45, 7) is 6.29. The van der Waals surface area contributed by atoms with Gasteiger partial charge in [-0.15, -0.1) is 0 Å². The van der Waals surface area contributed by atoms with Crippen LogP contribution in [0.2, 0.25) is 0 Å². The van der Waals surface area contributed by atoms with E-state index in [-0.39, 0.29) is 17.1 Å². The molecule has 0 aliphatic carbocycles. The van der Waals surface area contributed by atoms with E-state index in [1.54, 1.807) is 0 Å². The Morgan fingerprint density at radius 3 is 2.64 bits per heavy atom. The van der Waals surface area contributed by atoms with Gasteiger partial charge in [-0.05, 0) is 30.8 Å². The van der Waals surface area contributed by atoms with Crippen molar-refractivity contribution < 1.29 is 14.6 Å². The fraction of sp³-hybridized carbons (Fsp3) is 0.727. The van der Waals surface area contributed by atoms with Gasteiger partial charge in [-0.3, -0.25) is 0 Å². The maximum absolute atomic E-state index is 10.7. The molecular formula is C11H16O3. The Balaban J connectivity index is 2.38. The number of carboxylic acids is 1. The SMILES string of the molecule is CC1(C)CC2C/C(=C/C(=O)O)C1(C)O2. The van der Waals surface area contributed by atoms with Gasteiger partial charge in [0, 0.05) is 6.08 Å². The van der Waals surface area contributed by atoms with Gasteiger partial charge in [-0.2, -0.15) is 0 Å². The van der Waals surface area contributed by atoms with E-state index < -0.39 is 5.97 Å². The smallest absolute Gasteiger partial charge is 0.328 e. The standard InChI is InChI=1S/C11H16O3/c1-10(2)6-8-4-7(5-9(12)13)11(10,3)14-8/h5,8H,4,6H2,1-3H3,(H,12,13)/b7-5-. The van der Waals surface area contributed by atoms with Crippen molar-refractivity contribution >= 4 is 5.97 Å². The molecule has 0 aromatic carbocycles. The highest BCUT2D eigenvalue weighted by molar-refractivity contribution is 5.81. The minimum absolute atomic E-state index is 0.0528. The molecular weight excluding hydrogens is 180 g/mol. The summed E-state index contributed by atoms with van der Waals surface area (Å²) in [5.41, 5.74) is 0.624. The molecule has 2 heterocycles. The first-order valence-corrected chi connectivity index (χ1v) is 4.97. The number of aliphatic carboxylic acids is 1. The second kappa shape index (κ2) is 2.60. The van der Waals surface area contributed by atoms with Crippen molar-refractivity contribution in [1.29, 1.82) is 0 Å². The molecule has 78 valence electrons. The fourth-order valence-electron chi connectivity index (χ4n) is 2.71. The summed E-state index contributed by atoms with van der Waals surface area (Å²) in [5, 5.41) is 8.75. The van der Waals surface area contributed by atoms with Crippen LogP contribution in [-0.4, -0.2) is 22.8 Å². The maximum Gasteiger partial charge on any atom is 0.328 e. The van der Waals surface area contributed by atoms with Crippen molar-refractivity contribution in [2.75, 3.05) is 0 Å². The van der Waals surface area contributed by atoms with Gasteiger partial charge in [0.05, 0.1) is 11.7 Å². The minimum atomic E-state index is -0.867. The number of ether oxygens (including phenoxy) is 1. The normalized spacial score (nSPS) is 41.9. The van der Waals surface area contributed by atoms with E-state index in [4.69, 9.17) is 9.84 Å². The van der Waals surface area contributed by atoms with Gasteiger partial charge in [-0.25, -0.2) is 4.79 Å². The average molecular weight is 196 g/mol. The van der Waals surface area contributed by atoms with Crippen molar-refractivity contribution in [3.63, 3.8) is 0 Å². The quantitative estimate of drug-likeness (QED) is 0.652. The van der Waals surface area contributed by atoms with Gasteiger partial charge in [-0.1, -0.05) is 13.8 Å². The van der Waals surface area contributed by atoms with E-state index in [9.17, 15) is 4.79 Å². The molecule has 2 rings (SSSR count). The summed E-state index contributed by atoms with van der Waals surface area (Å²) >= 11 is 0. The fourth-order valence-corrected chi connectivity index (χ4v) is 2.71. The second-order valence-corrected chi connectivity index (χ2v) is 5.07. The predicted molar refractivity (Wildman–Crippen MR) is 52.0 cm³/mol. The Bertz CT molecular complexity index is 316. The van der Waals surface area contributed by atoms with Crippen LogP contribution in [0.5, 0.6) is 0 Å². The number of hydrogen-bond acceptors (Lipinski definition) is 2. The first kappa shape index (κ1) is 9.71. The van der Waals surface area contributed by atoms with Crippen molar-refractivity contribution in [2.45, 2.75) is 45.3 Å². The Morgan fingerprint density at radius 2 is 2.21 bits per heavy atom. The molecule has 0 aromatic heterocycles. The lowest BCUT2D eigenvalue weighted by Gasteiger charge is -2.37. The average Bonchev–Trinajstić information content (AvgIpc) is 2.35. The second-order valence-electron chi connectivity index (χ2n) is 5.07. The molecule has 2 fully saturated rings. The molecule has 1 N–H and O–H groups in total. The minimum Gasteiger partial charge on any atom is -0.478 e. The number of fused-ring (bicyclic) bond motifs is 2. The summed E-state index contributed by atoms with van der Waals surface area (Å²) in [5.74, 6) is -0.867. The topological polar surface area (TPSA) is 46.5 Å². The highest BCUT2D eigenvalue weighted by Crippen LogP contribution is 2.57. The third-order valence-electron chi connectivity index (χ3n) is 3.79. The van der Waals surface area contributed by atoms with E-state index in [2.05, 4.69) is 13.8 Å². The lowest BCUT2D eigenvalue weighted by Crippen LogP contribution is -2.39. The van der Waals surface area contributed by atoms with Crippen LogP contribution in [0.15, 0.2) is 11.6 Å². The predicted octanol–water partition coefficient (Wildman–Crippen LogP) is 1.97. The molecule has 0 aromatic rings. The molecule has 2 atom stereocenters. The first-order valence-electron chi connectivity index (χ1n) is 4.97. The highest BCUT2D eigenvalue weighted by Gasteiger charge is 2.58. The maximum atomic E-state index is 10.7. The van der Waals surface area contributed by atoms with E-state index >= 15 is 0 Å². The molecule has 2 saturated heterocycles. The number of rotatable bonds is 1. The van der Waals surface area contributed by atoms with Crippen LogP contribution in [-0.2, 0) is 9.53 Å². The summed E-state index contributed by atoms with van der Waals surface area (Å²) in [7, 11) is 0. The van der Waals surface area contributed by atoms with E-state index in [0.29, 0.717) is 0 Å². The third kappa shape index (κ3) is 1.12. The van der Waals surface area contributed by atoms with Gasteiger partial charge in [0.2, 0.25) is 0 Å². The van der Waals surface area contributed by atoms with Crippen molar-refractivity contribution in [3.05, 3.63) is 11.6 Å². The molecule has 0 amide bonds. The van der Waals surface area contributed by atoms with Gasteiger partial charge in [0.1, 0.15) is 0 Å². The van der Waals surface area contributed by atoms with Crippen molar-refractivity contribution in [2.24, 2.45) is 5.41 Å². The number of carboxylic acid groups (broad SMARTS) is 1. The molecule has 3 nitrogen and oxygen atoms in total. The molecule has 2 aliphatic rings. The largest absolute Gasteiger partial charge is 0.478 e. The van der Waals surface area contributed by atoms with Crippen LogP contribution in [0.1, 0.15) is 33.6 Å². The molecule has 0 spiro atoms. The highest BCUT2D eigenvalue weighted by atomic mass is 16.5. The lowest BCUT2D eigenvalue weighted by atomic mass is 9.66. The Kier molecular flexibility index (Phi) is 1.80. The van der Waals surface area contributed by atoms with Crippen molar-refractivity contribution in [1.82, 2.24) is 0 Å². The summed E-state index contributed by atoms with van der Waals surface area (Å²) in [6, 6.07) is 0. The van der Waals surface area contributed by atoms with E-state index in [1.807, 2.05) is 6.92 Å². The molecule has 0 radical (unpaired) electrons. The van der Waals surface area contributed by atoms with E-state index in [0.717, 1.165) is 18.4 Å². The Labute approximate surface area is 83.8 Å². The van der Waals surface area contributed by atoms with Crippen LogP contribution in [0.25, 0.3) is 0 Å². The zero-order valence-electron chi connectivity index (χ0n) is 8.83. The van der Waals surface area contributed by atoms with Crippen LogP contribution in [0.3, 0.4) is 0 Å². The van der Waals surface area contributed by atoms with E-state index in [1.165, 1.54) is 6.08 Å². The molecule has 2 aliphatic heterocycles. The molecule has 3 heteroatoms. The van der Waals surface area contributed by atoms with Gasteiger partial charge in [0.25, 0.3) is 0 Å². The number of carbonyl (C=O) groups is 1. The van der Waals surface area contributed by atoms with Gasteiger partial charge >= 0.3 is 5.97 Å². The Hall–Kier alpha value is -0.830. The van der Waals surface area contributed by atoms with Crippen LogP contribution in [0.4, 0.5) is 0 Å². The van der Waals surface area contributed by atoms with Crippen molar-refractivity contribution in [3.8, 4) is 0 Å². The molecule has 14 heavy (non-hydrogen) atoms. The summed E-state index contributed by atoms with van der Waals surface area (Å²) in [6.07, 6.45) is 3.36. The third-order valence-corrected chi connectivity index (χ3v) is 3.79. The first-order chi connectivity index (χ1) is 6.35. The Morgan fingerprint density at radius 1 is 1.57 bits per heavy atom. The lowest BCUT2D eigenvalue weighted by molar-refractivity contribution is -0.131. The van der Waals surface area contributed by atoms with Gasteiger partial charge in [0.15, 0.2) is 0 Å². The summed E-state index contributed by atoms with van der Waals surface area (Å²) < 4.78 is 5.86. The zero-order valence-corrected chi connectivity index (χ0v) is 8.83. The molecule has 2 unspecified atom stereocenters. The number of hydrogen-bond donors (Lipinski definition) is 1. The zero-order chi connectivity index (χ0) is 10.6. The van der Waals surface area contributed by atoms with Crippen LogP contribution >= 0.6 is 0 Å². The van der Waals surface area contributed by atoms with Crippen LogP contribution < -0.4 is 0 Å². The van der Waals surface area contributed by atoms with Crippen LogP contribution in [0, 0.1) is 5.41 Å². The summed E-state index contributed by atoms with van der Waals surface area (Å²) in [4.78, 5) is 10.7. The molecule has 0 saturated carbocycles. The monoisotopic (exact) mass is 196 g/mol.